The second-order valence-electron chi connectivity index (χ2n) is 7.71. The molecule has 0 saturated heterocycles. The first-order valence-corrected chi connectivity index (χ1v) is 11.8. The lowest BCUT2D eigenvalue weighted by atomic mass is 10.1. The molecule has 1 atom stereocenters. The fourth-order valence-electron chi connectivity index (χ4n) is 3.21. The van der Waals surface area contributed by atoms with E-state index in [-0.39, 0.29) is 17.6 Å². The van der Waals surface area contributed by atoms with Crippen LogP contribution in [0.4, 0.5) is 5.69 Å². The van der Waals surface area contributed by atoms with Crippen molar-refractivity contribution in [3.8, 4) is 0 Å². The van der Waals surface area contributed by atoms with E-state index >= 15 is 0 Å². The maximum absolute atomic E-state index is 12.6. The van der Waals surface area contributed by atoms with Gasteiger partial charge in [-0.15, -0.1) is 16.8 Å². The molecule has 0 aliphatic rings. The number of amides is 2. The summed E-state index contributed by atoms with van der Waals surface area (Å²) in [6.07, 6.45) is 1.70. The Kier molecular flexibility index (Phi) is 8.80. The number of hydrogen-bond donors (Lipinski definition) is 2. The van der Waals surface area contributed by atoms with Gasteiger partial charge in [0.05, 0.1) is 24.5 Å². The maximum Gasteiger partial charge on any atom is 0.337 e. The number of carbonyl (C=O) groups excluding carboxylic acids is 3. The van der Waals surface area contributed by atoms with E-state index in [1.807, 2.05) is 30.5 Å². The molecule has 182 valence electrons. The van der Waals surface area contributed by atoms with Gasteiger partial charge in [0.15, 0.2) is 11.0 Å². The van der Waals surface area contributed by atoms with Gasteiger partial charge >= 0.3 is 5.97 Å². The van der Waals surface area contributed by atoms with E-state index < -0.39 is 12.0 Å². The zero-order valence-corrected chi connectivity index (χ0v) is 20.6. The molecule has 0 saturated carbocycles. The Morgan fingerprint density at radius 3 is 2.37 bits per heavy atom. The summed E-state index contributed by atoms with van der Waals surface area (Å²) >= 11 is 1.22. The van der Waals surface area contributed by atoms with Crippen LogP contribution in [-0.4, -0.2) is 45.4 Å². The number of carbonyl (C=O) groups is 3. The van der Waals surface area contributed by atoms with Crippen LogP contribution in [0.25, 0.3) is 0 Å². The van der Waals surface area contributed by atoms with Crippen LogP contribution in [0.1, 0.15) is 45.1 Å². The summed E-state index contributed by atoms with van der Waals surface area (Å²) in [7, 11) is 1.31. The van der Waals surface area contributed by atoms with Crippen molar-refractivity contribution < 1.29 is 19.1 Å². The van der Waals surface area contributed by atoms with E-state index in [0.29, 0.717) is 34.3 Å². The number of aromatic nitrogens is 3. The van der Waals surface area contributed by atoms with Gasteiger partial charge in [0.2, 0.25) is 5.91 Å². The van der Waals surface area contributed by atoms with Crippen LogP contribution in [-0.2, 0) is 16.1 Å². The number of anilines is 1. The smallest absolute Gasteiger partial charge is 0.337 e. The largest absolute Gasteiger partial charge is 0.465 e. The Bertz CT molecular complexity index is 1210. The Morgan fingerprint density at radius 1 is 1.09 bits per heavy atom. The molecule has 3 aromatic rings. The first-order valence-electron chi connectivity index (χ1n) is 10.8. The highest BCUT2D eigenvalue weighted by Gasteiger charge is 2.20. The van der Waals surface area contributed by atoms with Crippen LogP contribution in [0.2, 0.25) is 0 Å². The Balaban J connectivity index is 1.62. The zero-order valence-electron chi connectivity index (χ0n) is 19.8. The zero-order chi connectivity index (χ0) is 25.4. The van der Waals surface area contributed by atoms with Gasteiger partial charge in [0.1, 0.15) is 0 Å². The van der Waals surface area contributed by atoms with Gasteiger partial charge in [-0.2, -0.15) is 0 Å². The van der Waals surface area contributed by atoms with E-state index in [4.69, 9.17) is 0 Å². The second kappa shape index (κ2) is 12.0. The highest BCUT2D eigenvalue weighted by Crippen LogP contribution is 2.22. The molecule has 3 rings (SSSR count). The molecule has 0 aliphatic heterocycles. The van der Waals surface area contributed by atoms with Gasteiger partial charge in [-0.3, -0.25) is 9.59 Å². The van der Waals surface area contributed by atoms with Crippen LogP contribution in [0.5, 0.6) is 0 Å². The number of aryl methyl sites for hydroxylation is 1. The van der Waals surface area contributed by atoms with Crippen molar-refractivity contribution in [3.63, 3.8) is 0 Å². The fourth-order valence-corrected chi connectivity index (χ4v) is 3.97. The molecule has 35 heavy (non-hydrogen) atoms. The van der Waals surface area contributed by atoms with E-state index in [1.54, 1.807) is 42.5 Å². The van der Waals surface area contributed by atoms with Gasteiger partial charge in [0.25, 0.3) is 5.91 Å². The van der Waals surface area contributed by atoms with Crippen LogP contribution >= 0.6 is 11.8 Å². The summed E-state index contributed by atoms with van der Waals surface area (Å²) in [6, 6.07) is 13.3. The monoisotopic (exact) mass is 493 g/mol. The van der Waals surface area contributed by atoms with Crippen LogP contribution in [0.15, 0.2) is 66.3 Å². The minimum absolute atomic E-state index is 0.0954. The normalized spacial score (nSPS) is 11.4. The second-order valence-corrected chi connectivity index (χ2v) is 8.65. The predicted octanol–water partition coefficient (Wildman–Crippen LogP) is 3.78. The van der Waals surface area contributed by atoms with Gasteiger partial charge in [-0.1, -0.05) is 35.5 Å². The molecule has 0 bridgehead atoms. The Labute approximate surface area is 208 Å². The van der Waals surface area contributed by atoms with Crippen molar-refractivity contribution in [3.05, 3.63) is 83.7 Å². The molecule has 0 fully saturated rings. The Morgan fingerprint density at radius 2 is 1.74 bits per heavy atom. The van der Waals surface area contributed by atoms with Gasteiger partial charge in [0, 0.05) is 17.8 Å². The predicted molar refractivity (Wildman–Crippen MR) is 134 cm³/mol. The summed E-state index contributed by atoms with van der Waals surface area (Å²) < 4.78 is 6.48. The molecule has 1 aromatic heterocycles. The number of hydrogen-bond acceptors (Lipinski definition) is 7. The summed E-state index contributed by atoms with van der Waals surface area (Å²) in [5.41, 5.74) is 2.59. The van der Waals surface area contributed by atoms with Crippen molar-refractivity contribution >= 4 is 35.2 Å². The van der Waals surface area contributed by atoms with E-state index in [2.05, 4.69) is 32.1 Å². The van der Waals surface area contributed by atoms with Crippen molar-refractivity contribution in [1.29, 1.82) is 0 Å². The Hall–Kier alpha value is -3.92. The minimum Gasteiger partial charge on any atom is -0.465 e. The number of benzene rings is 2. The molecule has 10 heteroatoms. The number of thioether (sulfide) groups is 1. The van der Waals surface area contributed by atoms with Crippen LogP contribution < -0.4 is 10.6 Å². The quantitative estimate of drug-likeness (QED) is 0.251. The highest BCUT2D eigenvalue weighted by molar-refractivity contribution is 7.99. The average molecular weight is 494 g/mol. The van der Waals surface area contributed by atoms with Crippen molar-refractivity contribution in [2.75, 3.05) is 18.2 Å². The van der Waals surface area contributed by atoms with Crippen molar-refractivity contribution in [1.82, 2.24) is 20.1 Å². The molecule has 0 aliphatic carbocycles. The SMILES string of the molecule is C=CCn1c(SCC(=O)Nc2ccc(C(=O)OC)cc2)nnc1[C@@H](C)NC(=O)c1ccc(C)cc1. The molecular weight excluding hydrogens is 466 g/mol. The summed E-state index contributed by atoms with van der Waals surface area (Å²) in [5.74, 6) is -0.238. The number of methoxy groups -OCH3 is 1. The maximum atomic E-state index is 12.6. The number of rotatable bonds is 10. The molecule has 2 amide bonds. The molecule has 0 unspecified atom stereocenters. The number of allylic oxidation sites excluding steroid dienone is 1. The highest BCUT2D eigenvalue weighted by atomic mass is 32.2. The molecular formula is C25H27N5O4S. The van der Waals surface area contributed by atoms with E-state index in [0.717, 1.165) is 5.56 Å². The molecule has 1 heterocycles. The van der Waals surface area contributed by atoms with Gasteiger partial charge in [-0.25, -0.2) is 4.79 Å². The number of nitrogens with one attached hydrogen (secondary N) is 2. The third-order valence-corrected chi connectivity index (χ3v) is 5.99. The topological polar surface area (TPSA) is 115 Å². The molecule has 9 nitrogen and oxygen atoms in total. The number of ether oxygens (including phenoxy) is 1. The lowest BCUT2D eigenvalue weighted by Gasteiger charge is -2.15. The van der Waals surface area contributed by atoms with Crippen molar-refractivity contribution in [2.45, 2.75) is 31.6 Å². The molecule has 0 radical (unpaired) electrons. The third-order valence-electron chi connectivity index (χ3n) is 5.03. The average Bonchev–Trinajstić information content (AvgIpc) is 3.26. The molecule has 2 aromatic carbocycles. The van der Waals surface area contributed by atoms with Crippen LogP contribution in [0, 0.1) is 6.92 Å². The molecule has 2 N–H and O–H groups in total. The van der Waals surface area contributed by atoms with Gasteiger partial charge < -0.3 is 19.9 Å². The fraction of sp³-hybridized carbons (Fsp3) is 0.240. The van der Waals surface area contributed by atoms with E-state index in [9.17, 15) is 14.4 Å². The van der Waals surface area contributed by atoms with Gasteiger partial charge in [-0.05, 0) is 50.2 Å². The third kappa shape index (κ3) is 6.80. The number of nitrogens with zero attached hydrogens (tertiary/aromatic N) is 3. The summed E-state index contributed by atoms with van der Waals surface area (Å²) in [6.45, 7) is 8.00. The lowest BCUT2D eigenvalue weighted by molar-refractivity contribution is -0.113. The van der Waals surface area contributed by atoms with Crippen LogP contribution in [0.3, 0.4) is 0 Å². The molecule has 0 spiro atoms. The lowest BCUT2D eigenvalue weighted by Crippen LogP contribution is -2.28. The first-order chi connectivity index (χ1) is 16.8. The minimum atomic E-state index is -0.444. The summed E-state index contributed by atoms with van der Waals surface area (Å²) in [5, 5.41) is 14.7. The first kappa shape index (κ1) is 25.7. The standard InChI is InChI=1S/C25H27N5O4S/c1-5-14-30-22(17(3)26-23(32)18-8-6-16(2)7-9-18)28-29-25(30)35-15-21(31)27-20-12-10-19(11-13-20)24(33)34-4/h5-13,17H,1,14-15H2,2-4H3,(H,26,32)(H,27,31)/t17-/m1/s1. The van der Waals surface area contributed by atoms with Crippen molar-refractivity contribution in [2.24, 2.45) is 0 Å². The van der Waals surface area contributed by atoms with E-state index in [1.165, 1.54) is 18.9 Å². The number of esters is 1. The summed E-state index contributed by atoms with van der Waals surface area (Å²) in [4.78, 5) is 36.6.